The average Bonchev–Trinajstić information content (AvgIpc) is 3.40. The molecule has 4 rings (SSSR count). The Hall–Kier alpha value is -3.60. The van der Waals surface area contributed by atoms with Crippen LogP contribution >= 0.6 is 35.3 Å². The first-order valence-corrected chi connectivity index (χ1v) is 14.0. The molecule has 0 aliphatic carbocycles. The molecule has 1 aromatic heterocycles. The quantitative estimate of drug-likeness (QED) is 0.138. The molecule has 1 atom stereocenters. The van der Waals surface area contributed by atoms with Crippen LogP contribution in [0.2, 0.25) is 0 Å². The van der Waals surface area contributed by atoms with Crippen LogP contribution in [0.1, 0.15) is 13.3 Å². The van der Waals surface area contributed by atoms with Crippen LogP contribution < -0.4 is 25.4 Å². The van der Waals surface area contributed by atoms with Crippen molar-refractivity contribution in [1.82, 2.24) is 4.98 Å². The molecule has 10 heteroatoms. The summed E-state index contributed by atoms with van der Waals surface area (Å²) in [7, 11) is 3.25. The summed E-state index contributed by atoms with van der Waals surface area (Å²) in [5.74, 6) is 1.35. The maximum atomic E-state index is 13.1. The molecule has 3 N–H and O–H groups in total. The van der Waals surface area contributed by atoms with Gasteiger partial charge in [0.25, 0.3) is 0 Å². The maximum Gasteiger partial charge on any atom is 0.239 e. The van der Waals surface area contributed by atoms with E-state index in [9.17, 15) is 4.79 Å². The second kappa shape index (κ2) is 13.3. The van der Waals surface area contributed by atoms with Gasteiger partial charge < -0.3 is 25.4 Å². The number of aromatic nitrogens is 1. The van der Waals surface area contributed by atoms with Gasteiger partial charge in [-0.3, -0.25) is 4.79 Å². The number of hydrogen-bond acceptors (Lipinski definition) is 7. The van der Waals surface area contributed by atoms with Gasteiger partial charge in [0.15, 0.2) is 10.2 Å². The first-order valence-electron chi connectivity index (χ1n) is 11.9. The monoisotopic (exact) mass is 564 g/mol. The zero-order valence-electron chi connectivity index (χ0n) is 21.2. The zero-order valence-corrected chi connectivity index (χ0v) is 23.6. The molecule has 1 heterocycles. The number of amides is 1. The van der Waals surface area contributed by atoms with Gasteiger partial charge in [-0.1, -0.05) is 37.3 Å². The lowest BCUT2D eigenvalue weighted by atomic mass is 10.1. The molecule has 0 spiro atoms. The van der Waals surface area contributed by atoms with Gasteiger partial charge in [-0.05, 0) is 61.1 Å². The number of thiocarbonyl (C=S) groups is 1. The summed E-state index contributed by atoms with van der Waals surface area (Å²) in [6, 6.07) is 23.1. The lowest BCUT2D eigenvalue weighted by molar-refractivity contribution is -0.115. The van der Waals surface area contributed by atoms with Crippen molar-refractivity contribution in [2.75, 3.05) is 30.2 Å². The molecule has 0 aliphatic rings. The Bertz CT molecular complexity index is 1410. The predicted octanol–water partition coefficient (Wildman–Crippen LogP) is 7.15. The average molecular weight is 565 g/mol. The summed E-state index contributed by atoms with van der Waals surface area (Å²) in [5.41, 5.74) is 3.24. The molecule has 0 aliphatic heterocycles. The van der Waals surface area contributed by atoms with Crippen LogP contribution in [0.25, 0.3) is 11.3 Å². The van der Waals surface area contributed by atoms with E-state index in [1.54, 1.807) is 14.2 Å². The van der Waals surface area contributed by atoms with E-state index in [4.69, 9.17) is 21.7 Å². The molecule has 7 nitrogen and oxygen atoms in total. The number of hydrogen-bond donors (Lipinski definition) is 3. The number of methoxy groups -OCH3 is 2. The summed E-state index contributed by atoms with van der Waals surface area (Å²) in [4.78, 5) is 18.6. The van der Waals surface area contributed by atoms with Crippen LogP contribution in [0.4, 0.5) is 16.5 Å². The normalized spacial score (nSPS) is 11.3. The summed E-state index contributed by atoms with van der Waals surface area (Å²) in [5, 5.41) is 12.0. The van der Waals surface area contributed by atoms with E-state index < -0.39 is 0 Å². The zero-order chi connectivity index (χ0) is 26.9. The van der Waals surface area contributed by atoms with Crippen molar-refractivity contribution >= 4 is 62.8 Å². The molecule has 1 unspecified atom stereocenters. The van der Waals surface area contributed by atoms with Gasteiger partial charge in [-0.15, -0.1) is 23.1 Å². The van der Waals surface area contributed by atoms with Gasteiger partial charge >= 0.3 is 0 Å². The Balaban J connectivity index is 1.38. The number of para-hydroxylation sites is 3. The number of ether oxygens (including phenoxy) is 2. The van der Waals surface area contributed by atoms with Crippen LogP contribution in [-0.2, 0) is 4.79 Å². The van der Waals surface area contributed by atoms with Crippen molar-refractivity contribution in [3.05, 3.63) is 78.2 Å². The van der Waals surface area contributed by atoms with Gasteiger partial charge in [0.1, 0.15) is 11.5 Å². The van der Waals surface area contributed by atoms with Crippen molar-refractivity contribution in [2.45, 2.75) is 23.5 Å². The second-order valence-corrected chi connectivity index (χ2v) is 10.6. The molecule has 38 heavy (non-hydrogen) atoms. The van der Waals surface area contributed by atoms with Crippen LogP contribution in [0.3, 0.4) is 0 Å². The van der Waals surface area contributed by atoms with E-state index >= 15 is 0 Å². The van der Waals surface area contributed by atoms with E-state index in [1.165, 1.54) is 23.1 Å². The van der Waals surface area contributed by atoms with Gasteiger partial charge in [-0.25, -0.2) is 4.98 Å². The van der Waals surface area contributed by atoms with Crippen LogP contribution in [0.5, 0.6) is 11.5 Å². The van der Waals surface area contributed by atoms with Crippen molar-refractivity contribution < 1.29 is 14.3 Å². The van der Waals surface area contributed by atoms with Crippen LogP contribution in [0.15, 0.2) is 83.1 Å². The lowest BCUT2D eigenvalue weighted by Gasteiger charge is -2.16. The number of thiazole rings is 1. The van der Waals surface area contributed by atoms with E-state index in [1.807, 2.05) is 85.1 Å². The maximum absolute atomic E-state index is 13.1. The Labute approximate surface area is 236 Å². The minimum atomic E-state index is -0.289. The van der Waals surface area contributed by atoms with Gasteiger partial charge in [-0.2, -0.15) is 0 Å². The molecule has 1 amide bonds. The first kappa shape index (κ1) is 27.4. The SMILES string of the molecule is CCC(Sc1cccc(NC(=S)Nc2ccccc2OC)c1)C(=O)Nc1nc(-c2ccccc2OC)cs1. The highest BCUT2D eigenvalue weighted by molar-refractivity contribution is 8.00. The number of carbonyl (C=O) groups is 1. The minimum absolute atomic E-state index is 0.0925. The minimum Gasteiger partial charge on any atom is -0.496 e. The Morgan fingerprint density at radius 3 is 2.47 bits per heavy atom. The van der Waals surface area contributed by atoms with E-state index in [0.29, 0.717) is 22.4 Å². The summed E-state index contributed by atoms with van der Waals surface area (Å²) in [6.45, 7) is 1.99. The van der Waals surface area contributed by atoms with Crippen LogP contribution in [0, 0.1) is 0 Å². The molecule has 0 radical (unpaired) electrons. The smallest absolute Gasteiger partial charge is 0.239 e. The molecule has 0 bridgehead atoms. The third-order valence-electron chi connectivity index (χ3n) is 5.51. The van der Waals surface area contributed by atoms with Crippen molar-refractivity contribution in [1.29, 1.82) is 0 Å². The third kappa shape index (κ3) is 7.03. The highest BCUT2D eigenvalue weighted by Gasteiger charge is 2.20. The van der Waals surface area contributed by atoms with Crippen molar-refractivity contribution in [2.24, 2.45) is 0 Å². The second-order valence-electron chi connectivity index (χ2n) is 8.05. The summed E-state index contributed by atoms with van der Waals surface area (Å²) in [6.07, 6.45) is 0.659. The van der Waals surface area contributed by atoms with Crippen molar-refractivity contribution in [3.8, 4) is 22.8 Å². The largest absolute Gasteiger partial charge is 0.496 e. The molecule has 196 valence electrons. The van der Waals surface area contributed by atoms with E-state index in [0.717, 1.165) is 33.3 Å². The standard InChI is InChI=1S/C28H28N4O3S3/c1-4-25(26(33)32-28-31-22(17-37-28)20-12-5-7-14-23(20)34-2)38-19-11-9-10-18(16-19)29-27(36)30-21-13-6-8-15-24(21)35-3/h5-17,25H,4H2,1-3H3,(H2,29,30,36)(H,31,32,33). The fourth-order valence-electron chi connectivity index (χ4n) is 3.66. The predicted molar refractivity (Wildman–Crippen MR) is 162 cm³/mol. The number of rotatable bonds is 10. The Morgan fingerprint density at radius 1 is 0.974 bits per heavy atom. The third-order valence-corrected chi connectivity index (χ3v) is 7.83. The first-order chi connectivity index (χ1) is 18.5. The molecule has 0 saturated carbocycles. The van der Waals surface area contributed by atoms with Gasteiger partial charge in [0.05, 0.1) is 30.9 Å². The number of carbonyl (C=O) groups excluding carboxylic acids is 1. The number of anilines is 3. The fraction of sp³-hybridized carbons (Fsp3) is 0.179. The molecule has 3 aromatic carbocycles. The molecule has 0 fully saturated rings. The number of nitrogens with one attached hydrogen (secondary N) is 3. The summed E-state index contributed by atoms with van der Waals surface area (Å²) >= 11 is 8.37. The Morgan fingerprint density at radius 2 is 1.71 bits per heavy atom. The van der Waals surface area contributed by atoms with Crippen molar-refractivity contribution in [3.63, 3.8) is 0 Å². The van der Waals surface area contributed by atoms with Crippen LogP contribution in [-0.4, -0.2) is 35.5 Å². The number of nitrogens with zero attached hydrogens (tertiary/aromatic N) is 1. The molecular weight excluding hydrogens is 537 g/mol. The van der Waals surface area contributed by atoms with E-state index in [-0.39, 0.29) is 11.2 Å². The number of benzene rings is 3. The highest BCUT2D eigenvalue weighted by Crippen LogP contribution is 2.33. The molecule has 4 aromatic rings. The van der Waals surface area contributed by atoms with Gasteiger partial charge in [0.2, 0.25) is 5.91 Å². The lowest BCUT2D eigenvalue weighted by Crippen LogP contribution is -2.24. The number of thioether (sulfide) groups is 1. The summed E-state index contributed by atoms with van der Waals surface area (Å²) < 4.78 is 10.8. The van der Waals surface area contributed by atoms with Gasteiger partial charge in [0, 0.05) is 21.5 Å². The molecule has 0 saturated heterocycles. The Kier molecular flexibility index (Phi) is 9.58. The topological polar surface area (TPSA) is 84.5 Å². The molecular formula is C28H28N4O3S3. The fourth-order valence-corrected chi connectivity index (χ4v) is 5.62. The highest BCUT2D eigenvalue weighted by atomic mass is 32.2. The van der Waals surface area contributed by atoms with E-state index in [2.05, 4.69) is 20.9 Å².